The number of epoxide rings is 1. The number of ether oxygens (including phenoxy) is 5. The summed E-state index contributed by atoms with van der Waals surface area (Å²) in [6.07, 6.45) is 6.89. The van der Waals surface area contributed by atoms with Crippen LogP contribution in [0.4, 0.5) is 0 Å². The van der Waals surface area contributed by atoms with E-state index in [-0.39, 0.29) is 25.4 Å². The smallest absolute Gasteiger partial charge is 0.335 e. The van der Waals surface area contributed by atoms with Crippen LogP contribution in [-0.4, -0.2) is 84.2 Å². The minimum absolute atomic E-state index is 0.0195. The van der Waals surface area contributed by atoms with E-state index in [2.05, 4.69) is 19.9 Å². The minimum atomic E-state index is -1.33. The van der Waals surface area contributed by atoms with Crippen molar-refractivity contribution in [2.24, 2.45) is 16.7 Å². The zero-order chi connectivity index (χ0) is 27.3. The molecular formula is C29H40O9. The zero-order valence-corrected chi connectivity index (χ0v) is 22.6. The van der Waals surface area contributed by atoms with Gasteiger partial charge in [0.05, 0.1) is 30.3 Å². The van der Waals surface area contributed by atoms with Crippen LogP contribution in [0.5, 0.6) is 0 Å². The van der Waals surface area contributed by atoms with Gasteiger partial charge in [0.25, 0.3) is 0 Å². The predicted molar refractivity (Wildman–Crippen MR) is 136 cm³/mol. The molecule has 0 radical (unpaired) electrons. The van der Waals surface area contributed by atoms with Crippen molar-refractivity contribution < 1.29 is 43.5 Å². The van der Waals surface area contributed by atoms with E-state index in [0.29, 0.717) is 25.9 Å². The lowest BCUT2D eigenvalue weighted by Crippen LogP contribution is -2.66. The molecule has 3 heterocycles. The molecule has 4 unspecified atom stereocenters. The Morgan fingerprint density at radius 2 is 1.92 bits per heavy atom. The maximum atomic E-state index is 13.1. The molecule has 210 valence electrons. The summed E-state index contributed by atoms with van der Waals surface area (Å²) in [4.78, 5) is 26.0. The van der Waals surface area contributed by atoms with E-state index >= 15 is 0 Å². The number of aliphatic hydroxyl groups is 2. The van der Waals surface area contributed by atoms with Gasteiger partial charge in [-0.2, -0.15) is 0 Å². The average Bonchev–Trinajstić information content (AvgIpc) is 3.65. The lowest BCUT2D eigenvalue weighted by molar-refractivity contribution is -0.234. The number of carbonyl (C=O) groups is 2. The molecule has 2 saturated heterocycles. The van der Waals surface area contributed by atoms with Crippen molar-refractivity contribution in [3.05, 3.63) is 36.0 Å². The van der Waals surface area contributed by atoms with Gasteiger partial charge in [0, 0.05) is 24.5 Å². The first-order chi connectivity index (χ1) is 18.0. The van der Waals surface area contributed by atoms with Crippen LogP contribution >= 0.6 is 0 Å². The van der Waals surface area contributed by atoms with E-state index in [4.69, 9.17) is 23.7 Å². The van der Waals surface area contributed by atoms with Gasteiger partial charge in [0.2, 0.25) is 0 Å². The van der Waals surface area contributed by atoms with Crippen molar-refractivity contribution in [2.75, 3.05) is 19.8 Å². The van der Waals surface area contributed by atoms with E-state index in [0.717, 1.165) is 6.42 Å². The second-order valence-electron chi connectivity index (χ2n) is 11.9. The Hall–Kier alpha value is -2.04. The molecule has 1 saturated carbocycles. The van der Waals surface area contributed by atoms with Crippen molar-refractivity contribution in [3.63, 3.8) is 0 Å². The number of hydrogen-bond acceptors (Lipinski definition) is 9. The van der Waals surface area contributed by atoms with Crippen LogP contribution in [0, 0.1) is 16.7 Å². The van der Waals surface area contributed by atoms with Gasteiger partial charge < -0.3 is 33.9 Å². The molecule has 5 aliphatic rings. The molecule has 2 bridgehead atoms. The quantitative estimate of drug-likeness (QED) is 0.298. The first-order valence-electron chi connectivity index (χ1n) is 13.7. The monoisotopic (exact) mass is 532 g/mol. The first kappa shape index (κ1) is 27.5. The third kappa shape index (κ3) is 4.36. The molecule has 0 aromatic heterocycles. The van der Waals surface area contributed by atoms with E-state index in [1.807, 2.05) is 0 Å². The standard InChI is InChI=1S/C29H40O9/c1-17-9-11-28-15-35-26(33)25(32)18(2)10-12-34-20(19(3)30)7-5-6-8-24(31)38-21-14-23(37-22(28)13-17)29(16-36-29)27(21,28)4/h5-8,13,18-23,25,30,32H,9-12,14-16H2,1-4H3/b7-5-,8-6-/t18-,19?,20?,21-,22?,23?,25+,27-,28-,29+/m1/s1. The SMILES string of the molecule is CC1=CC2OC3C[C@H]4OC(=O)/C=C\C=C/C(C(C)O)OCC[C@@H](C)[C@H](O)C(=O)OC[C@@]2(CC1)[C@]4(C)[C@]31CO1. The predicted octanol–water partition coefficient (Wildman–Crippen LogP) is 2.39. The summed E-state index contributed by atoms with van der Waals surface area (Å²) in [5.41, 5.74) is -0.771. The number of allylic oxidation sites excluding steroid dienone is 3. The second kappa shape index (κ2) is 10.2. The van der Waals surface area contributed by atoms with Gasteiger partial charge in [-0.15, -0.1) is 0 Å². The topological polar surface area (TPSA) is 124 Å². The lowest BCUT2D eigenvalue weighted by Gasteiger charge is -2.58. The summed E-state index contributed by atoms with van der Waals surface area (Å²) in [6, 6.07) is 0. The molecule has 0 amide bonds. The number of hydrogen-bond donors (Lipinski definition) is 2. The largest absolute Gasteiger partial charge is 0.463 e. The van der Waals surface area contributed by atoms with Crippen molar-refractivity contribution in [1.82, 2.24) is 0 Å². The Morgan fingerprint density at radius 3 is 2.63 bits per heavy atom. The Bertz CT molecular complexity index is 1030. The van der Waals surface area contributed by atoms with Crippen LogP contribution < -0.4 is 0 Å². The maximum Gasteiger partial charge on any atom is 0.335 e. The highest BCUT2D eigenvalue weighted by atomic mass is 16.6. The third-order valence-electron chi connectivity index (χ3n) is 9.73. The zero-order valence-electron chi connectivity index (χ0n) is 22.6. The number of aliphatic hydroxyl groups excluding tert-OH is 2. The summed E-state index contributed by atoms with van der Waals surface area (Å²) in [7, 11) is 0. The molecule has 38 heavy (non-hydrogen) atoms. The van der Waals surface area contributed by atoms with Gasteiger partial charge in [-0.1, -0.05) is 43.7 Å². The molecule has 3 fully saturated rings. The first-order valence-corrected chi connectivity index (χ1v) is 13.7. The van der Waals surface area contributed by atoms with Gasteiger partial charge in [-0.25, -0.2) is 9.59 Å². The van der Waals surface area contributed by atoms with Gasteiger partial charge in [0.1, 0.15) is 24.4 Å². The number of carbonyl (C=O) groups excluding carboxylic acids is 2. The van der Waals surface area contributed by atoms with Crippen LogP contribution in [0.1, 0.15) is 53.4 Å². The summed E-state index contributed by atoms with van der Waals surface area (Å²) < 4.78 is 30.4. The van der Waals surface area contributed by atoms with Crippen molar-refractivity contribution in [1.29, 1.82) is 0 Å². The van der Waals surface area contributed by atoms with Crippen LogP contribution in [0.25, 0.3) is 0 Å². The third-order valence-corrected chi connectivity index (χ3v) is 9.73. The molecule has 5 rings (SSSR count). The summed E-state index contributed by atoms with van der Waals surface area (Å²) in [5, 5.41) is 20.8. The van der Waals surface area contributed by atoms with Crippen LogP contribution in [0.15, 0.2) is 36.0 Å². The molecule has 3 aliphatic heterocycles. The molecule has 2 N–H and O–H groups in total. The summed E-state index contributed by atoms with van der Waals surface area (Å²) >= 11 is 0. The highest BCUT2D eigenvalue weighted by Gasteiger charge is 2.83. The highest BCUT2D eigenvalue weighted by Crippen LogP contribution is 2.72. The Balaban J connectivity index is 1.51. The fraction of sp³-hybridized carbons (Fsp3) is 0.724. The van der Waals surface area contributed by atoms with Crippen LogP contribution in [-0.2, 0) is 33.3 Å². The minimum Gasteiger partial charge on any atom is -0.463 e. The van der Waals surface area contributed by atoms with E-state index in [9.17, 15) is 19.8 Å². The summed E-state index contributed by atoms with van der Waals surface area (Å²) in [6.45, 7) is 8.27. The average molecular weight is 533 g/mol. The molecule has 10 atom stereocenters. The molecular weight excluding hydrogens is 492 g/mol. The maximum absolute atomic E-state index is 13.1. The summed E-state index contributed by atoms with van der Waals surface area (Å²) in [5.74, 6) is -1.60. The molecule has 0 aromatic carbocycles. The molecule has 9 heteroatoms. The van der Waals surface area contributed by atoms with Crippen molar-refractivity contribution in [3.8, 4) is 0 Å². The van der Waals surface area contributed by atoms with Gasteiger partial charge in [-0.05, 0) is 39.0 Å². The van der Waals surface area contributed by atoms with Crippen LogP contribution in [0.3, 0.4) is 0 Å². The van der Waals surface area contributed by atoms with Gasteiger partial charge >= 0.3 is 11.9 Å². The Labute approximate surface area is 223 Å². The fourth-order valence-electron chi connectivity index (χ4n) is 7.04. The highest BCUT2D eigenvalue weighted by molar-refractivity contribution is 5.82. The molecule has 2 spiro atoms. The van der Waals surface area contributed by atoms with Crippen LogP contribution in [0.2, 0.25) is 0 Å². The number of esters is 2. The van der Waals surface area contributed by atoms with Gasteiger partial charge in [-0.3, -0.25) is 0 Å². The van der Waals surface area contributed by atoms with E-state index in [1.54, 1.807) is 32.1 Å². The Morgan fingerprint density at radius 1 is 1.16 bits per heavy atom. The van der Waals surface area contributed by atoms with E-state index < -0.39 is 58.7 Å². The second-order valence-corrected chi connectivity index (χ2v) is 11.9. The normalized spacial score (nSPS) is 48.0. The van der Waals surface area contributed by atoms with Crippen molar-refractivity contribution in [2.45, 2.75) is 95.6 Å². The lowest BCUT2D eigenvalue weighted by atomic mass is 9.51. The molecule has 0 aromatic rings. The molecule has 9 nitrogen and oxygen atoms in total. The molecule has 2 aliphatic carbocycles. The Kier molecular flexibility index (Phi) is 7.37. The van der Waals surface area contributed by atoms with Crippen molar-refractivity contribution >= 4 is 11.9 Å². The van der Waals surface area contributed by atoms with E-state index in [1.165, 1.54) is 11.6 Å². The fourth-order valence-corrected chi connectivity index (χ4v) is 7.04. The van der Waals surface area contributed by atoms with Gasteiger partial charge in [0.15, 0.2) is 6.10 Å². The number of cyclic esters (lactones) is 1. The number of rotatable bonds is 1.